The molecule has 0 atom stereocenters. The molecule has 0 aliphatic carbocycles. The van der Waals surface area contributed by atoms with E-state index in [2.05, 4.69) is 5.32 Å². The van der Waals surface area contributed by atoms with E-state index in [0.29, 0.717) is 29.3 Å². The van der Waals surface area contributed by atoms with Gasteiger partial charge in [0.2, 0.25) is 5.91 Å². The van der Waals surface area contributed by atoms with Crippen LogP contribution in [0.25, 0.3) is 0 Å². The van der Waals surface area contributed by atoms with E-state index in [1.54, 1.807) is 38.5 Å². The highest BCUT2D eigenvalue weighted by molar-refractivity contribution is 5.92. The summed E-state index contributed by atoms with van der Waals surface area (Å²) in [6.45, 7) is 0.765. The van der Waals surface area contributed by atoms with Gasteiger partial charge in [-0.05, 0) is 37.4 Å². The maximum Gasteiger partial charge on any atom is 0.238 e. The van der Waals surface area contributed by atoms with Crippen molar-refractivity contribution in [3.63, 3.8) is 0 Å². The van der Waals surface area contributed by atoms with Gasteiger partial charge in [0.05, 0.1) is 32.4 Å². The largest absolute Gasteiger partial charge is 0.493 e. The summed E-state index contributed by atoms with van der Waals surface area (Å²) in [5, 5.41) is 11.6. The number of rotatable bonds is 7. The molecule has 2 aromatic rings. The summed E-state index contributed by atoms with van der Waals surface area (Å²) in [5.74, 6) is 1.20. The summed E-state index contributed by atoms with van der Waals surface area (Å²) in [6, 6.07) is 14.5. The van der Waals surface area contributed by atoms with Gasteiger partial charge in [0.1, 0.15) is 0 Å². The van der Waals surface area contributed by atoms with Crippen LogP contribution >= 0.6 is 0 Å². The summed E-state index contributed by atoms with van der Waals surface area (Å²) in [5.41, 5.74) is 2.16. The quantitative estimate of drug-likeness (QED) is 0.839. The molecule has 0 unspecified atom stereocenters. The number of carbonyl (C=O) groups excluding carboxylic acids is 1. The molecule has 2 aromatic carbocycles. The summed E-state index contributed by atoms with van der Waals surface area (Å²) in [4.78, 5) is 14.1. The third-order valence-electron chi connectivity index (χ3n) is 3.64. The zero-order valence-corrected chi connectivity index (χ0v) is 14.6. The van der Waals surface area contributed by atoms with E-state index in [1.165, 1.54) is 0 Å². The topological polar surface area (TPSA) is 74.6 Å². The van der Waals surface area contributed by atoms with Crippen LogP contribution < -0.4 is 14.8 Å². The van der Waals surface area contributed by atoms with E-state index < -0.39 is 0 Å². The van der Waals surface area contributed by atoms with Gasteiger partial charge in [0, 0.05) is 17.8 Å². The molecule has 0 radical (unpaired) electrons. The molecule has 6 heteroatoms. The average Bonchev–Trinajstić information content (AvgIpc) is 2.61. The van der Waals surface area contributed by atoms with E-state index in [9.17, 15) is 4.79 Å². The number of hydrogen-bond donors (Lipinski definition) is 1. The van der Waals surface area contributed by atoms with E-state index in [0.717, 1.165) is 5.56 Å². The monoisotopic (exact) mass is 339 g/mol. The Balaban J connectivity index is 1.96. The first-order valence-electron chi connectivity index (χ1n) is 7.75. The van der Waals surface area contributed by atoms with Crippen LogP contribution in [0.2, 0.25) is 0 Å². The lowest BCUT2D eigenvalue weighted by Gasteiger charge is -2.19. The Morgan fingerprint density at radius 3 is 2.48 bits per heavy atom. The number of nitriles is 1. The lowest BCUT2D eigenvalue weighted by Crippen LogP contribution is -2.30. The molecular formula is C19H21N3O3. The SMILES string of the molecule is COc1cccc(CN(C)CC(=O)Nc2ccc(C#N)cc2)c1OC. The molecule has 0 fully saturated rings. The number of likely N-dealkylation sites (N-methyl/N-ethyl adjacent to an activating group) is 1. The van der Waals surface area contributed by atoms with Crippen molar-refractivity contribution >= 4 is 11.6 Å². The molecule has 0 saturated carbocycles. The number of benzene rings is 2. The Morgan fingerprint density at radius 2 is 1.88 bits per heavy atom. The highest BCUT2D eigenvalue weighted by Crippen LogP contribution is 2.31. The van der Waals surface area contributed by atoms with Crippen LogP contribution in [0.15, 0.2) is 42.5 Å². The van der Waals surface area contributed by atoms with Gasteiger partial charge in [-0.15, -0.1) is 0 Å². The van der Waals surface area contributed by atoms with Crippen molar-refractivity contribution in [1.29, 1.82) is 5.26 Å². The van der Waals surface area contributed by atoms with E-state index in [4.69, 9.17) is 14.7 Å². The number of hydrogen-bond acceptors (Lipinski definition) is 5. The first kappa shape index (κ1) is 18.3. The van der Waals surface area contributed by atoms with Gasteiger partial charge in [0.15, 0.2) is 11.5 Å². The fraction of sp³-hybridized carbons (Fsp3) is 0.263. The second-order valence-electron chi connectivity index (χ2n) is 5.56. The summed E-state index contributed by atoms with van der Waals surface area (Å²) < 4.78 is 10.7. The van der Waals surface area contributed by atoms with Crippen molar-refractivity contribution in [2.24, 2.45) is 0 Å². The second kappa shape index (κ2) is 8.71. The summed E-state index contributed by atoms with van der Waals surface area (Å²) >= 11 is 0. The molecule has 0 heterocycles. The molecule has 1 amide bonds. The van der Waals surface area contributed by atoms with Crippen LogP contribution in [-0.2, 0) is 11.3 Å². The molecule has 0 spiro atoms. The number of para-hydroxylation sites is 1. The smallest absolute Gasteiger partial charge is 0.238 e. The van der Waals surface area contributed by atoms with Crippen LogP contribution in [0.3, 0.4) is 0 Å². The minimum atomic E-state index is -0.130. The minimum Gasteiger partial charge on any atom is -0.493 e. The molecule has 130 valence electrons. The highest BCUT2D eigenvalue weighted by atomic mass is 16.5. The zero-order chi connectivity index (χ0) is 18.2. The molecule has 1 N–H and O–H groups in total. The molecule has 6 nitrogen and oxygen atoms in total. The molecule has 2 rings (SSSR count). The van der Waals surface area contributed by atoms with Crippen molar-refractivity contribution in [1.82, 2.24) is 4.90 Å². The normalized spacial score (nSPS) is 10.2. The van der Waals surface area contributed by atoms with E-state index >= 15 is 0 Å². The van der Waals surface area contributed by atoms with Crippen molar-refractivity contribution in [2.75, 3.05) is 33.1 Å². The first-order chi connectivity index (χ1) is 12.1. The Bertz CT molecular complexity index is 766. The Hall–Kier alpha value is -3.04. The number of nitrogens with zero attached hydrogens (tertiary/aromatic N) is 2. The fourth-order valence-electron chi connectivity index (χ4n) is 2.50. The summed E-state index contributed by atoms with van der Waals surface area (Å²) in [6.07, 6.45) is 0. The number of nitrogens with one attached hydrogen (secondary N) is 1. The lowest BCUT2D eigenvalue weighted by atomic mass is 10.1. The fourth-order valence-corrected chi connectivity index (χ4v) is 2.50. The standard InChI is InChI=1S/C19H21N3O3/c1-22(12-15-5-4-6-17(24-2)19(15)25-3)13-18(23)21-16-9-7-14(11-20)8-10-16/h4-10H,12-13H2,1-3H3,(H,21,23). The number of methoxy groups -OCH3 is 2. The molecule has 0 saturated heterocycles. The molecule has 0 aliphatic rings. The number of carbonyl (C=O) groups is 1. The van der Waals surface area contributed by atoms with Crippen molar-refractivity contribution in [3.8, 4) is 17.6 Å². The number of amides is 1. The molecule has 0 bridgehead atoms. The number of ether oxygens (including phenoxy) is 2. The second-order valence-corrected chi connectivity index (χ2v) is 5.56. The van der Waals surface area contributed by atoms with Gasteiger partial charge in [-0.25, -0.2) is 0 Å². The Labute approximate surface area is 147 Å². The van der Waals surface area contributed by atoms with Crippen molar-refractivity contribution < 1.29 is 14.3 Å². The maximum absolute atomic E-state index is 12.2. The van der Waals surface area contributed by atoms with Crippen molar-refractivity contribution in [2.45, 2.75) is 6.54 Å². The van der Waals surface area contributed by atoms with Crippen molar-refractivity contribution in [3.05, 3.63) is 53.6 Å². The van der Waals surface area contributed by atoms with Gasteiger partial charge < -0.3 is 14.8 Å². The molecule has 0 aromatic heterocycles. The van der Waals surface area contributed by atoms with Gasteiger partial charge >= 0.3 is 0 Å². The van der Waals surface area contributed by atoms with E-state index in [-0.39, 0.29) is 12.5 Å². The zero-order valence-electron chi connectivity index (χ0n) is 14.6. The van der Waals surface area contributed by atoms with Crippen LogP contribution in [-0.4, -0.2) is 38.6 Å². The lowest BCUT2D eigenvalue weighted by molar-refractivity contribution is -0.117. The van der Waals surface area contributed by atoms with Crippen LogP contribution in [0.4, 0.5) is 5.69 Å². The molecule has 0 aliphatic heterocycles. The Kier molecular flexibility index (Phi) is 6.38. The van der Waals surface area contributed by atoms with Crippen LogP contribution in [0.5, 0.6) is 11.5 Å². The predicted molar refractivity (Wildman–Crippen MR) is 95.7 cm³/mol. The van der Waals surface area contributed by atoms with Gasteiger partial charge in [0.25, 0.3) is 0 Å². The Morgan fingerprint density at radius 1 is 1.16 bits per heavy atom. The maximum atomic E-state index is 12.2. The van der Waals surface area contributed by atoms with Gasteiger partial charge in [-0.1, -0.05) is 12.1 Å². The summed E-state index contributed by atoms with van der Waals surface area (Å²) in [7, 11) is 5.05. The molecule has 25 heavy (non-hydrogen) atoms. The highest BCUT2D eigenvalue weighted by Gasteiger charge is 2.13. The number of anilines is 1. The minimum absolute atomic E-state index is 0.130. The third kappa shape index (κ3) is 4.96. The van der Waals surface area contributed by atoms with Gasteiger partial charge in [-0.2, -0.15) is 5.26 Å². The van der Waals surface area contributed by atoms with E-state index in [1.807, 2.05) is 36.2 Å². The van der Waals surface area contributed by atoms with Gasteiger partial charge in [-0.3, -0.25) is 9.69 Å². The first-order valence-corrected chi connectivity index (χ1v) is 7.75. The molecular weight excluding hydrogens is 318 g/mol. The van der Waals surface area contributed by atoms with Crippen LogP contribution in [0.1, 0.15) is 11.1 Å². The average molecular weight is 339 g/mol. The van der Waals surface area contributed by atoms with Crippen LogP contribution in [0, 0.1) is 11.3 Å². The predicted octanol–water partition coefficient (Wildman–Crippen LogP) is 2.65. The third-order valence-corrected chi connectivity index (χ3v) is 3.64.